The standard InChI is InChI=1S/C8H15N4/c1-10-5-2-6-12(10)11-7-3-9-4-8-11/h2,5-6,9H,3-4,7-8H2,1H3/q+1. The molecule has 1 N–H and O–H groups in total. The van der Waals surface area contributed by atoms with Crippen molar-refractivity contribution >= 4 is 0 Å². The maximum atomic E-state index is 3.33. The molecule has 0 aliphatic carbocycles. The molecule has 2 heterocycles. The van der Waals surface area contributed by atoms with Crippen LogP contribution in [0.1, 0.15) is 0 Å². The number of rotatable bonds is 1. The Balaban J connectivity index is 2.13. The Morgan fingerprint density at radius 1 is 1.33 bits per heavy atom. The molecule has 1 aromatic rings. The molecule has 0 aromatic carbocycles. The molecule has 1 fully saturated rings. The maximum absolute atomic E-state index is 3.33. The summed E-state index contributed by atoms with van der Waals surface area (Å²) in [6, 6.07) is 2.06. The number of nitrogens with zero attached hydrogens (tertiary/aromatic N) is 3. The zero-order valence-electron chi connectivity index (χ0n) is 7.40. The Kier molecular flexibility index (Phi) is 1.99. The molecular formula is C8H15N4+. The average molecular weight is 167 g/mol. The number of aromatic nitrogens is 2. The van der Waals surface area contributed by atoms with Crippen LogP contribution in [0.25, 0.3) is 0 Å². The molecule has 1 saturated heterocycles. The van der Waals surface area contributed by atoms with Gasteiger partial charge in [-0.05, 0) is 0 Å². The van der Waals surface area contributed by atoms with Crippen molar-refractivity contribution < 1.29 is 4.68 Å². The van der Waals surface area contributed by atoms with Gasteiger partial charge in [-0.2, -0.15) is 9.69 Å². The van der Waals surface area contributed by atoms with Gasteiger partial charge in [-0.15, -0.1) is 0 Å². The number of piperazine rings is 1. The van der Waals surface area contributed by atoms with Gasteiger partial charge in [0.2, 0.25) is 0 Å². The first-order valence-electron chi connectivity index (χ1n) is 4.37. The average Bonchev–Trinajstić information content (AvgIpc) is 2.53. The van der Waals surface area contributed by atoms with Crippen molar-refractivity contribution in [3.05, 3.63) is 18.5 Å². The Labute approximate surface area is 72.3 Å². The van der Waals surface area contributed by atoms with Crippen molar-refractivity contribution in [2.45, 2.75) is 0 Å². The lowest BCUT2D eigenvalue weighted by Gasteiger charge is -2.23. The van der Waals surface area contributed by atoms with Gasteiger partial charge in [0.1, 0.15) is 26.3 Å². The first-order valence-corrected chi connectivity index (χ1v) is 4.37. The minimum absolute atomic E-state index is 1.08. The van der Waals surface area contributed by atoms with Crippen LogP contribution in [0.5, 0.6) is 0 Å². The van der Waals surface area contributed by atoms with E-state index in [1.54, 1.807) is 0 Å². The Bertz CT molecular complexity index is 249. The number of aryl methyl sites for hydroxylation is 1. The predicted molar refractivity (Wildman–Crippen MR) is 46.4 cm³/mol. The van der Waals surface area contributed by atoms with Crippen LogP contribution in [-0.2, 0) is 7.05 Å². The maximum Gasteiger partial charge on any atom is 0.118 e. The van der Waals surface area contributed by atoms with Crippen LogP contribution >= 0.6 is 0 Å². The zero-order chi connectivity index (χ0) is 8.39. The highest BCUT2D eigenvalue weighted by Gasteiger charge is 2.16. The van der Waals surface area contributed by atoms with Gasteiger partial charge in [0.15, 0.2) is 0 Å². The molecule has 1 aliphatic heterocycles. The van der Waals surface area contributed by atoms with Crippen molar-refractivity contribution in [3.8, 4) is 0 Å². The SMILES string of the molecule is C[n+]1cccn1N1CCNCC1. The Morgan fingerprint density at radius 2 is 2.08 bits per heavy atom. The van der Waals surface area contributed by atoms with Gasteiger partial charge >= 0.3 is 0 Å². The molecule has 4 heteroatoms. The lowest BCUT2D eigenvalue weighted by molar-refractivity contribution is -0.753. The van der Waals surface area contributed by atoms with E-state index in [9.17, 15) is 0 Å². The van der Waals surface area contributed by atoms with Gasteiger partial charge in [-0.1, -0.05) is 4.79 Å². The molecule has 66 valence electrons. The van der Waals surface area contributed by atoms with Crippen LogP contribution in [0.4, 0.5) is 0 Å². The summed E-state index contributed by atoms with van der Waals surface area (Å²) in [5, 5.41) is 5.66. The molecule has 4 nitrogen and oxygen atoms in total. The van der Waals surface area contributed by atoms with E-state index in [-0.39, 0.29) is 0 Å². The lowest BCUT2D eigenvalue weighted by Crippen LogP contribution is -2.57. The first kappa shape index (κ1) is 7.61. The third-order valence-electron chi connectivity index (χ3n) is 2.23. The molecule has 1 aromatic heterocycles. The molecule has 0 amide bonds. The van der Waals surface area contributed by atoms with Crippen LogP contribution in [0, 0.1) is 0 Å². The highest BCUT2D eigenvalue weighted by Crippen LogP contribution is 1.90. The normalized spacial score (nSPS) is 18.2. The van der Waals surface area contributed by atoms with Crippen LogP contribution < -0.4 is 15.0 Å². The van der Waals surface area contributed by atoms with Crippen molar-refractivity contribution in [1.82, 2.24) is 10.1 Å². The molecule has 0 unspecified atom stereocenters. The van der Waals surface area contributed by atoms with E-state index in [0.717, 1.165) is 26.2 Å². The van der Waals surface area contributed by atoms with Crippen molar-refractivity contribution in [3.63, 3.8) is 0 Å². The predicted octanol–water partition coefficient (Wildman–Crippen LogP) is -1.15. The summed E-state index contributed by atoms with van der Waals surface area (Å²) in [6.45, 7) is 4.33. The minimum atomic E-state index is 1.08. The van der Waals surface area contributed by atoms with Crippen molar-refractivity contribution in [1.29, 1.82) is 0 Å². The summed E-state index contributed by atoms with van der Waals surface area (Å²) in [7, 11) is 2.06. The smallest absolute Gasteiger partial charge is 0.118 e. The second-order valence-electron chi connectivity index (χ2n) is 3.09. The van der Waals surface area contributed by atoms with Crippen LogP contribution in [-0.4, -0.2) is 31.0 Å². The minimum Gasteiger partial charge on any atom is -0.309 e. The summed E-state index contributed by atoms with van der Waals surface area (Å²) in [5.74, 6) is 0. The van der Waals surface area contributed by atoms with Gasteiger partial charge in [0.25, 0.3) is 0 Å². The third kappa shape index (κ3) is 1.30. The molecule has 0 radical (unpaired) electrons. The number of hydrogen-bond acceptors (Lipinski definition) is 2. The van der Waals surface area contributed by atoms with E-state index < -0.39 is 0 Å². The second kappa shape index (κ2) is 3.15. The fourth-order valence-corrected chi connectivity index (χ4v) is 1.57. The molecule has 0 saturated carbocycles. The quantitative estimate of drug-likeness (QED) is 0.534. The van der Waals surface area contributed by atoms with Crippen molar-refractivity contribution in [2.75, 3.05) is 31.2 Å². The van der Waals surface area contributed by atoms with E-state index in [1.165, 1.54) is 0 Å². The van der Waals surface area contributed by atoms with Gasteiger partial charge in [0.05, 0.1) is 6.20 Å². The fraction of sp³-hybridized carbons (Fsp3) is 0.625. The molecular weight excluding hydrogens is 152 g/mol. The van der Waals surface area contributed by atoms with Crippen LogP contribution in [0.2, 0.25) is 0 Å². The van der Waals surface area contributed by atoms with Crippen LogP contribution in [0.15, 0.2) is 18.5 Å². The largest absolute Gasteiger partial charge is 0.309 e. The highest BCUT2D eigenvalue weighted by molar-refractivity contribution is 4.88. The summed E-state index contributed by atoms with van der Waals surface area (Å²) in [5.41, 5.74) is 0. The summed E-state index contributed by atoms with van der Waals surface area (Å²) in [6.07, 6.45) is 4.15. The number of hydrogen-bond donors (Lipinski definition) is 1. The number of nitrogens with one attached hydrogen (secondary N) is 1. The molecule has 2 rings (SSSR count). The zero-order valence-corrected chi connectivity index (χ0v) is 7.40. The summed E-state index contributed by atoms with van der Waals surface area (Å²) < 4.78 is 2.09. The summed E-state index contributed by atoms with van der Waals surface area (Å²) in [4.78, 5) is 2.15. The van der Waals surface area contributed by atoms with Gasteiger partial charge in [0, 0.05) is 19.2 Å². The van der Waals surface area contributed by atoms with E-state index in [4.69, 9.17) is 0 Å². The van der Waals surface area contributed by atoms with E-state index in [2.05, 4.69) is 45.3 Å². The van der Waals surface area contributed by atoms with E-state index in [0.29, 0.717) is 0 Å². The second-order valence-corrected chi connectivity index (χ2v) is 3.09. The van der Waals surface area contributed by atoms with E-state index >= 15 is 0 Å². The van der Waals surface area contributed by atoms with Crippen LogP contribution in [0.3, 0.4) is 0 Å². The molecule has 0 spiro atoms. The molecule has 1 aliphatic rings. The monoisotopic (exact) mass is 167 g/mol. The van der Waals surface area contributed by atoms with Crippen molar-refractivity contribution in [2.24, 2.45) is 7.05 Å². The van der Waals surface area contributed by atoms with E-state index in [1.807, 2.05) is 0 Å². The Morgan fingerprint density at radius 3 is 2.67 bits per heavy atom. The first-order chi connectivity index (χ1) is 5.88. The molecule has 0 atom stereocenters. The van der Waals surface area contributed by atoms with Gasteiger partial charge < -0.3 is 5.32 Å². The Hall–Kier alpha value is -1.03. The van der Waals surface area contributed by atoms with Gasteiger partial charge in [-0.25, -0.2) is 0 Å². The third-order valence-corrected chi connectivity index (χ3v) is 2.23. The molecule has 0 bridgehead atoms. The highest BCUT2D eigenvalue weighted by atomic mass is 15.7. The molecule has 12 heavy (non-hydrogen) atoms. The fourth-order valence-electron chi connectivity index (χ4n) is 1.57. The summed E-state index contributed by atoms with van der Waals surface area (Å²) >= 11 is 0. The topological polar surface area (TPSA) is 24.1 Å². The van der Waals surface area contributed by atoms with Gasteiger partial charge in [-0.3, -0.25) is 0 Å². The lowest BCUT2D eigenvalue weighted by atomic mass is 10.4.